The smallest absolute Gasteiger partial charge is 0.120 e. The van der Waals surface area contributed by atoms with E-state index in [0.717, 1.165) is 12.3 Å². The Morgan fingerprint density at radius 3 is 2.00 bits per heavy atom. The molecule has 0 heterocycles. The van der Waals surface area contributed by atoms with Crippen molar-refractivity contribution in [2.75, 3.05) is 6.54 Å². The molecule has 0 aliphatic rings. The van der Waals surface area contributed by atoms with Gasteiger partial charge in [0.25, 0.3) is 0 Å². The molecule has 0 saturated carbocycles. The van der Waals surface area contributed by atoms with E-state index in [1.165, 1.54) is 5.56 Å². The molecule has 0 saturated heterocycles. The van der Waals surface area contributed by atoms with E-state index < -0.39 is 0 Å². The van der Waals surface area contributed by atoms with E-state index in [1.54, 1.807) is 0 Å². The second-order valence-electron chi connectivity index (χ2n) is 5.59. The van der Waals surface area contributed by atoms with Gasteiger partial charge < -0.3 is 10.1 Å². The van der Waals surface area contributed by atoms with Crippen LogP contribution >= 0.6 is 0 Å². The third-order valence-corrected chi connectivity index (χ3v) is 3.58. The van der Waals surface area contributed by atoms with Crippen molar-refractivity contribution >= 4 is 0 Å². The summed E-state index contributed by atoms with van der Waals surface area (Å²) in [6.07, 6.45) is 0.0924. The van der Waals surface area contributed by atoms with Crippen LogP contribution in [0.4, 0.5) is 0 Å². The quantitative estimate of drug-likeness (QED) is 0.811. The average molecular weight is 283 g/mol. The number of para-hydroxylation sites is 1. The Hall–Kier alpha value is -1.80. The standard InChI is InChI=1S/C19H25NO/c1-4-20-18(16-11-7-5-8-12-16)19(15(2)3)21-17-13-9-6-10-14-17/h5-15,18-20H,4H2,1-3H3. The number of hydrogen-bond acceptors (Lipinski definition) is 2. The lowest BCUT2D eigenvalue weighted by Crippen LogP contribution is -2.39. The number of rotatable bonds is 7. The maximum absolute atomic E-state index is 6.28. The Bertz CT molecular complexity index is 510. The summed E-state index contributed by atoms with van der Waals surface area (Å²) in [7, 11) is 0. The van der Waals surface area contributed by atoms with Gasteiger partial charge in [-0.15, -0.1) is 0 Å². The van der Waals surface area contributed by atoms with E-state index in [-0.39, 0.29) is 12.1 Å². The Morgan fingerprint density at radius 1 is 0.905 bits per heavy atom. The van der Waals surface area contributed by atoms with Crippen LogP contribution in [0, 0.1) is 5.92 Å². The van der Waals surface area contributed by atoms with E-state index in [2.05, 4.69) is 56.4 Å². The van der Waals surface area contributed by atoms with Crippen molar-refractivity contribution in [1.82, 2.24) is 5.32 Å². The fourth-order valence-electron chi connectivity index (χ4n) is 2.55. The molecule has 2 atom stereocenters. The summed E-state index contributed by atoms with van der Waals surface area (Å²) in [5.41, 5.74) is 1.27. The van der Waals surface area contributed by atoms with Gasteiger partial charge in [-0.1, -0.05) is 69.3 Å². The second kappa shape index (κ2) is 7.84. The monoisotopic (exact) mass is 283 g/mol. The predicted octanol–water partition coefficient (Wildman–Crippen LogP) is 4.44. The van der Waals surface area contributed by atoms with Crippen molar-refractivity contribution in [3.63, 3.8) is 0 Å². The van der Waals surface area contributed by atoms with Crippen molar-refractivity contribution in [2.24, 2.45) is 5.92 Å². The number of benzene rings is 2. The molecule has 0 spiro atoms. The lowest BCUT2D eigenvalue weighted by Gasteiger charge is -2.31. The van der Waals surface area contributed by atoms with Gasteiger partial charge in [-0.25, -0.2) is 0 Å². The highest BCUT2D eigenvalue weighted by Crippen LogP contribution is 2.26. The largest absolute Gasteiger partial charge is 0.488 e. The van der Waals surface area contributed by atoms with Crippen molar-refractivity contribution in [1.29, 1.82) is 0 Å². The predicted molar refractivity (Wildman–Crippen MR) is 88.6 cm³/mol. The van der Waals surface area contributed by atoms with Gasteiger partial charge in [-0.2, -0.15) is 0 Å². The SMILES string of the molecule is CCNC(c1ccccc1)C(Oc1ccccc1)C(C)C. The molecular formula is C19H25NO. The third-order valence-electron chi connectivity index (χ3n) is 3.58. The first-order valence-electron chi connectivity index (χ1n) is 7.72. The van der Waals surface area contributed by atoms with Crippen LogP contribution in [-0.4, -0.2) is 12.6 Å². The van der Waals surface area contributed by atoms with Crippen LogP contribution in [0.5, 0.6) is 5.75 Å². The fourth-order valence-corrected chi connectivity index (χ4v) is 2.55. The normalized spacial score (nSPS) is 13.9. The molecule has 1 N–H and O–H groups in total. The van der Waals surface area contributed by atoms with Gasteiger partial charge in [0.05, 0.1) is 6.04 Å². The molecule has 0 amide bonds. The van der Waals surface area contributed by atoms with Crippen LogP contribution in [0.15, 0.2) is 60.7 Å². The van der Waals surface area contributed by atoms with Crippen LogP contribution in [0.25, 0.3) is 0 Å². The Balaban J connectivity index is 2.25. The number of hydrogen-bond donors (Lipinski definition) is 1. The molecule has 112 valence electrons. The molecule has 0 aromatic heterocycles. The molecule has 2 heteroatoms. The summed E-state index contributed by atoms with van der Waals surface area (Å²) in [4.78, 5) is 0. The average Bonchev–Trinajstić information content (AvgIpc) is 2.52. The van der Waals surface area contributed by atoms with Gasteiger partial charge in [0.1, 0.15) is 11.9 Å². The summed E-state index contributed by atoms with van der Waals surface area (Å²) in [5, 5.41) is 3.58. The first-order valence-corrected chi connectivity index (χ1v) is 7.72. The summed E-state index contributed by atoms with van der Waals surface area (Å²) in [6.45, 7) is 7.47. The van der Waals surface area contributed by atoms with E-state index in [0.29, 0.717) is 5.92 Å². The first kappa shape index (κ1) is 15.6. The lowest BCUT2D eigenvalue weighted by molar-refractivity contribution is 0.108. The molecule has 0 aliphatic heterocycles. The molecule has 0 bridgehead atoms. The minimum atomic E-state index is 0.0924. The topological polar surface area (TPSA) is 21.3 Å². The van der Waals surface area contributed by atoms with Crippen LogP contribution in [0.1, 0.15) is 32.4 Å². The maximum Gasteiger partial charge on any atom is 0.120 e. The van der Waals surface area contributed by atoms with Gasteiger partial charge in [-0.05, 0) is 30.2 Å². The highest BCUT2D eigenvalue weighted by Gasteiger charge is 2.27. The highest BCUT2D eigenvalue weighted by atomic mass is 16.5. The highest BCUT2D eigenvalue weighted by molar-refractivity contribution is 5.24. The van der Waals surface area contributed by atoms with E-state index in [4.69, 9.17) is 4.74 Å². The van der Waals surface area contributed by atoms with Crippen molar-refractivity contribution < 1.29 is 4.74 Å². The van der Waals surface area contributed by atoms with Crippen LogP contribution < -0.4 is 10.1 Å². The molecule has 2 rings (SSSR count). The van der Waals surface area contributed by atoms with Crippen LogP contribution in [-0.2, 0) is 0 Å². The zero-order valence-electron chi connectivity index (χ0n) is 13.1. The molecule has 2 aromatic carbocycles. The number of nitrogens with one attached hydrogen (secondary N) is 1. The summed E-state index contributed by atoms with van der Waals surface area (Å²) in [6, 6.07) is 20.8. The minimum Gasteiger partial charge on any atom is -0.488 e. The summed E-state index contributed by atoms with van der Waals surface area (Å²) in [5.74, 6) is 1.34. The third kappa shape index (κ3) is 4.33. The van der Waals surface area contributed by atoms with Crippen LogP contribution in [0.2, 0.25) is 0 Å². The molecule has 2 nitrogen and oxygen atoms in total. The Morgan fingerprint density at radius 2 is 1.48 bits per heavy atom. The molecule has 0 aliphatic carbocycles. The zero-order chi connectivity index (χ0) is 15.1. The molecule has 21 heavy (non-hydrogen) atoms. The molecule has 2 aromatic rings. The summed E-state index contributed by atoms with van der Waals surface area (Å²) < 4.78 is 6.28. The Labute approximate surface area is 128 Å². The van der Waals surface area contributed by atoms with Gasteiger partial charge in [0, 0.05) is 0 Å². The zero-order valence-corrected chi connectivity index (χ0v) is 13.1. The van der Waals surface area contributed by atoms with E-state index in [1.807, 2.05) is 30.3 Å². The van der Waals surface area contributed by atoms with Crippen molar-refractivity contribution in [2.45, 2.75) is 32.9 Å². The molecule has 0 radical (unpaired) electrons. The van der Waals surface area contributed by atoms with Gasteiger partial charge in [0.15, 0.2) is 0 Å². The van der Waals surface area contributed by atoms with E-state index in [9.17, 15) is 0 Å². The number of likely N-dealkylation sites (N-methyl/N-ethyl adjacent to an activating group) is 1. The van der Waals surface area contributed by atoms with E-state index >= 15 is 0 Å². The van der Waals surface area contributed by atoms with Gasteiger partial charge in [-0.3, -0.25) is 0 Å². The van der Waals surface area contributed by atoms with Crippen LogP contribution in [0.3, 0.4) is 0 Å². The first-order chi connectivity index (χ1) is 10.2. The maximum atomic E-state index is 6.28. The number of ether oxygens (including phenoxy) is 1. The fraction of sp³-hybridized carbons (Fsp3) is 0.368. The molecule has 0 fully saturated rings. The van der Waals surface area contributed by atoms with Gasteiger partial charge >= 0.3 is 0 Å². The minimum absolute atomic E-state index is 0.0924. The van der Waals surface area contributed by atoms with Gasteiger partial charge in [0.2, 0.25) is 0 Å². The molecule has 2 unspecified atom stereocenters. The Kier molecular flexibility index (Phi) is 5.82. The summed E-state index contributed by atoms with van der Waals surface area (Å²) >= 11 is 0. The van der Waals surface area contributed by atoms with Crippen molar-refractivity contribution in [3.05, 3.63) is 66.2 Å². The second-order valence-corrected chi connectivity index (χ2v) is 5.59. The van der Waals surface area contributed by atoms with Crippen molar-refractivity contribution in [3.8, 4) is 5.75 Å². The molecular weight excluding hydrogens is 258 g/mol. The lowest BCUT2D eigenvalue weighted by atomic mass is 9.93.